The van der Waals surface area contributed by atoms with Crippen molar-refractivity contribution >= 4 is 0 Å². The van der Waals surface area contributed by atoms with Crippen molar-refractivity contribution in [2.24, 2.45) is 5.73 Å². The summed E-state index contributed by atoms with van der Waals surface area (Å²) in [5.41, 5.74) is 5.34. The van der Waals surface area contributed by atoms with Crippen LogP contribution in [0.5, 0.6) is 0 Å². The summed E-state index contributed by atoms with van der Waals surface area (Å²) in [7, 11) is 0. The van der Waals surface area contributed by atoms with E-state index in [1.807, 2.05) is 0 Å². The van der Waals surface area contributed by atoms with Crippen LogP contribution in [0.2, 0.25) is 0 Å². The van der Waals surface area contributed by atoms with Crippen molar-refractivity contribution in [2.45, 2.75) is 13.0 Å². The van der Waals surface area contributed by atoms with Crippen LogP contribution in [0, 0.1) is 29.9 Å². The highest BCUT2D eigenvalue weighted by atomic mass is 19.2. The van der Waals surface area contributed by atoms with E-state index in [1.165, 1.54) is 19.1 Å². The summed E-state index contributed by atoms with van der Waals surface area (Å²) in [4.78, 5) is 0. The molecule has 2 N–H and O–H groups in total. The third-order valence-electron chi connectivity index (χ3n) is 1.78. The second-order valence-electron chi connectivity index (χ2n) is 2.71. The van der Waals surface area contributed by atoms with Gasteiger partial charge >= 0.3 is 0 Å². The third-order valence-corrected chi connectivity index (χ3v) is 1.78. The predicted octanol–water partition coefficient (Wildman–Crippen LogP) is 1.80. The highest BCUT2D eigenvalue weighted by Gasteiger charge is 2.15. The van der Waals surface area contributed by atoms with Crippen molar-refractivity contribution in [1.82, 2.24) is 0 Å². The fourth-order valence-electron chi connectivity index (χ4n) is 0.971. The van der Waals surface area contributed by atoms with E-state index in [1.54, 1.807) is 6.07 Å². The first-order valence-corrected chi connectivity index (χ1v) is 3.67. The lowest BCUT2D eigenvalue weighted by Gasteiger charge is -2.06. The normalized spacial score (nSPS) is 12.2. The third kappa shape index (κ3) is 1.65. The van der Waals surface area contributed by atoms with Gasteiger partial charge in [-0.05, 0) is 12.5 Å². The van der Waals surface area contributed by atoms with Gasteiger partial charge in [0.2, 0.25) is 0 Å². The molecule has 0 radical (unpaired) electrons. The van der Waals surface area contributed by atoms with Gasteiger partial charge in [0.05, 0.1) is 6.07 Å². The molecule has 0 aliphatic rings. The Labute approximate surface area is 74.6 Å². The first kappa shape index (κ1) is 9.62. The number of nitrogens with two attached hydrogens (primary N) is 1. The number of hydrogen-bond acceptors (Lipinski definition) is 2. The lowest BCUT2D eigenvalue weighted by molar-refractivity contribution is 0.491. The SMILES string of the molecule is Cc1ccc([C@@H](N)C#N)c(F)c1F. The largest absolute Gasteiger partial charge is 0.312 e. The molecule has 1 rings (SSSR count). The quantitative estimate of drug-likeness (QED) is 0.719. The number of halogens is 2. The van der Waals surface area contributed by atoms with Gasteiger partial charge in [-0.3, -0.25) is 0 Å². The first-order chi connectivity index (χ1) is 6.07. The zero-order chi connectivity index (χ0) is 10.0. The zero-order valence-corrected chi connectivity index (χ0v) is 7.01. The maximum absolute atomic E-state index is 13.1. The summed E-state index contributed by atoms with van der Waals surface area (Å²) >= 11 is 0. The summed E-state index contributed by atoms with van der Waals surface area (Å²) in [6, 6.07) is 3.24. The van der Waals surface area contributed by atoms with Crippen molar-refractivity contribution in [3.8, 4) is 6.07 Å². The van der Waals surface area contributed by atoms with Crippen LogP contribution in [0.3, 0.4) is 0 Å². The molecule has 0 aliphatic carbocycles. The van der Waals surface area contributed by atoms with Gasteiger partial charge in [-0.1, -0.05) is 12.1 Å². The van der Waals surface area contributed by atoms with Crippen LogP contribution in [0.1, 0.15) is 17.2 Å². The van der Waals surface area contributed by atoms with Gasteiger partial charge in [-0.25, -0.2) is 8.78 Å². The maximum Gasteiger partial charge on any atom is 0.164 e. The number of benzene rings is 1. The molecule has 0 bridgehead atoms. The summed E-state index contributed by atoms with van der Waals surface area (Å²) in [5, 5.41) is 8.41. The van der Waals surface area contributed by atoms with Gasteiger partial charge in [-0.2, -0.15) is 5.26 Å². The zero-order valence-electron chi connectivity index (χ0n) is 7.01. The molecule has 4 heteroatoms. The van der Waals surface area contributed by atoms with E-state index >= 15 is 0 Å². The Morgan fingerprint density at radius 1 is 1.38 bits per heavy atom. The molecular weight excluding hydrogens is 174 g/mol. The Morgan fingerprint density at radius 3 is 2.54 bits per heavy atom. The predicted molar refractivity (Wildman–Crippen MR) is 43.6 cm³/mol. The molecule has 0 fully saturated rings. The van der Waals surface area contributed by atoms with Gasteiger partial charge in [0, 0.05) is 5.56 Å². The van der Waals surface area contributed by atoms with Crippen molar-refractivity contribution in [3.05, 3.63) is 34.9 Å². The minimum absolute atomic E-state index is 0.106. The number of aryl methyl sites for hydroxylation is 1. The van der Waals surface area contributed by atoms with Crippen molar-refractivity contribution in [1.29, 1.82) is 5.26 Å². The van der Waals surface area contributed by atoms with E-state index in [9.17, 15) is 8.78 Å². The van der Waals surface area contributed by atoms with E-state index in [0.29, 0.717) is 0 Å². The summed E-state index contributed by atoms with van der Waals surface area (Å²) in [5.74, 6) is -1.97. The van der Waals surface area contributed by atoms with Crippen LogP contribution in [-0.2, 0) is 0 Å². The van der Waals surface area contributed by atoms with Crippen LogP contribution in [0.25, 0.3) is 0 Å². The van der Waals surface area contributed by atoms with E-state index in [4.69, 9.17) is 11.0 Å². The Hall–Kier alpha value is -1.47. The Kier molecular flexibility index (Phi) is 2.59. The van der Waals surface area contributed by atoms with E-state index in [-0.39, 0.29) is 11.1 Å². The van der Waals surface area contributed by atoms with Crippen LogP contribution < -0.4 is 5.73 Å². The molecule has 1 aromatic carbocycles. The van der Waals surface area contributed by atoms with Gasteiger partial charge < -0.3 is 5.73 Å². The molecule has 0 spiro atoms. The molecule has 0 saturated heterocycles. The molecule has 0 unspecified atom stereocenters. The summed E-state index contributed by atoms with van der Waals surface area (Å²) < 4.78 is 26.0. The highest BCUT2D eigenvalue weighted by molar-refractivity contribution is 5.30. The van der Waals surface area contributed by atoms with E-state index in [2.05, 4.69) is 0 Å². The van der Waals surface area contributed by atoms with Crippen LogP contribution in [0.15, 0.2) is 12.1 Å². The molecule has 1 aromatic rings. The second kappa shape index (κ2) is 3.50. The van der Waals surface area contributed by atoms with Crippen LogP contribution in [-0.4, -0.2) is 0 Å². The molecule has 0 aromatic heterocycles. The number of rotatable bonds is 1. The Balaban J connectivity index is 3.28. The highest BCUT2D eigenvalue weighted by Crippen LogP contribution is 2.19. The van der Waals surface area contributed by atoms with Crippen molar-refractivity contribution in [2.75, 3.05) is 0 Å². The molecule has 2 nitrogen and oxygen atoms in total. The van der Waals surface area contributed by atoms with Gasteiger partial charge in [0.25, 0.3) is 0 Å². The Bertz CT molecular complexity index is 369. The fourth-order valence-corrected chi connectivity index (χ4v) is 0.971. The average Bonchev–Trinajstić information content (AvgIpc) is 2.13. The molecule has 0 heterocycles. The van der Waals surface area contributed by atoms with Gasteiger partial charge in [0.15, 0.2) is 11.6 Å². The lowest BCUT2D eigenvalue weighted by atomic mass is 10.1. The molecule has 0 saturated carbocycles. The second-order valence-corrected chi connectivity index (χ2v) is 2.71. The summed E-state index contributed by atoms with van der Waals surface area (Å²) in [6.45, 7) is 1.44. The summed E-state index contributed by atoms with van der Waals surface area (Å²) in [6.07, 6.45) is 0. The van der Waals surface area contributed by atoms with Gasteiger partial charge in [-0.15, -0.1) is 0 Å². The molecular formula is C9H8F2N2. The standard InChI is InChI=1S/C9H8F2N2/c1-5-2-3-6(7(13)4-12)9(11)8(5)10/h2-3,7H,13H2,1H3/t7-/m0/s1. The smallest absolute Gasteiger partial charge is 0.164 e. The minimum Gasteiger partial charge on any atom is -0.312 e. The number of nitriles is 1. The number of nitrogens with zero attached hydrogens (tertiary/aromatic N) is 1. The van der Waals surface area contributed by atoms with Crippen LogP contribution >= 0.6 is 0 Å². The maximum atomic E-state index is 13.1. The minimum atomic E-state index is -1.12. The van der Waals surface area contributed by atoms with Gasteiger partial charge in [0.1, 0.15) is 6.04 Å². The number of hydrogen-bond donors (Lipinski definition) is 1. The Morgan fingerprint density at radius 2 is 2.00 bits per heavy atom. The molecule has 1 atom stereocenters. The average molecular weight is 182 g/mol. The van der Waals surface area contributed by atoms with Crippen LogP contribution in [0.4, 0.5) is 8.78 Å². The monoisotopic (exact) mass is 182 g/mol. The molecule has 13 heavy (non-hydrogen) atoms. The van der Waals surface area contributed by atoms with Crippen molar-refractivity contribution in [3.63, 3.8) is 0 Å². The molecule has 68 valence electrons. The molecule has 0 amide bonds. The van der Waals surface area contributed by atoms with Crippen molar-refractivity contribution < 1.29 is 8.78 Å². The first-order valence-electron chi connectivity index (χ1n) is 3.67. The van der Waals surface area contributed by atoms with E-state index < -0.39 is 17.7 Å². The topological polar surface area (TPSA) is 49.8 Å². The fraction of sp³-hybridized carbons (Fsp3) is 0.222. The molecule has 0 aliphatic heterocycles. The lowest BCUT2D eigenvalue weighted by Crippen LogP contribution is -2.11. The van der Waals surface area contributed by atoms with E-state index in [0.717, 1.165) is 0 Å².